The van der Waals surface area contributed by atoms with Crippen LogP contribution in [0.5, 0.6) is 0 Å². The molecule has 3 N–H and O–H groups in total. The Bertz CT molecular complexity index is 985. The second kappa shape index (κ2) is 13.2. The van der Waals surface area contributed by atoms with Gasteiger partial charge in [0, 0.05) is 19.6 Å². The van der Waals surface area contributed by atoms with Crippen LogP contribution in [-0.2, 0) is 19.1 Å². The number of carbonyl (C=O) groups is 3. The normalized spacial score (nSPS) is 13.9. The van der Waals surface area contributed by atoms with E-state index in [1.54, 1.807) is 7.11 Å². The van der Waals surface area contributed by atoms with Crippen LogP contribution in [0.15, 0.2) is 48.5 Å². The number of rotatable bonds is 13. The van der Waals surface area contributed by atoms with Gasteiger partial charge in [-0.1, -0.05) is 48.5 Å². The fourth-order valence-electron chi connectivity index (χ4n) is 4.25. The van der Waals surface area contributed by atoms with Crippen LogP contribution in [0.4, 0.5) is 4.79 Å². The van der Waals surface area contributed by atoms with Crippen molar-refractivity contribution in [2.75, 3.05) is 32.3 Å². The van der Waals surface area contributed by atoms with E-state index in [1.807, 2.05) is 42.7 Å². The van der Waals surface area contributed by atoms with Gasteiger partial charge in [-0.2, -0.15) is 11.8 Å². The number of carboxylic acids is 1. The summed E-state index contributed by atoms with van der Waals surface area (Å²) in [6, 6.07) is 14.1. The van der Waals surface area contributed by atoms with Crippen molar-refractivity contribution in [1.29, 1.82) is 0 Å². The van der Waals surface area contributed by atoms with E-state index in [2.05, 4.69) is 22.8 Å². The number of fused-ring (bicyclic) bond motifs is 3. The Kier molecular flexibility index (Phi) is 9.98. The van der Waals surface area contributed by atoms with Crippen LogP contribution >= 0.6 is 11.8 Å². The van der Waals surface area contributed by atoms with Gasteiger partial charge in [-0.25, -0.2) is 9.59 Å². The van der Waals surface area contributed by atoms with Crippen molar-refractivity contribution in [1.82, 2.24) is 10.6 Å². The number of alkyl carbamates (subject to hydrolysis) is 1. The third kappa shape index (κ3) is 6.99. The first-order chi connectivity index (χ1) is 17.0. The maximum Gasteiger partial charge on any atom is 0.407 e. The van der Waals surface area contributed by atoms with Gasteiger partial charge in [0.25, 0.3) is 0 Å². The molecule has 0 saturated heterocycles. The topological polar surface area (TPSA) is 114 Å². The van der Waals surface area contributed by atoms with Crippen LogP contribution in [0.3, 0.4) is 0 Å². The largest absolute Gasteiger partial charge is 0.480 e. The maximum absolute atomic E-state index is 12.8. The van der Waals surface area contributed by atoms with Crippen molar-refractivity contribution in [3.8, 4) is 11.1 Å². The standard InChI is InChI=1S/C26H32N2O6S/c1-33-14-7-12-22(24(29)27-23(25(30)31)13-15-35-2)28-26(32)34-16-21-19-10-5-3-8-17(19)18-9-4-6-11-20(18)21/h3-6,8-11,21-23H,7,12-16H2,1-2H3,(H,27,29)(H,28,32)(H,30,31)/t22?,23-/m0/s1. The lowest BCUT2D eigenvalue weighted by Gasteiger charge is -2.22. The highest BCUT2D eigenvalue weighted by Crippen LogP contribution is 2.44. The van der Waals surface area contributed by atoms with Gasteiger partial charge in [-0.3, -0.25) is 4.79 Å². The van der Waals surface area contributed by atoms with Crippen molar-refractivity contribution in [3.05, 3.63) is 59.7 Å². The SMILES string of the molecule is COCCCC(NC(=O)OCC1c2ccccc2-c2ccccc21)C(=O)N[C@@H](CCSC)C(=O)O. The fraction of sp³-hybridized carbons (Fsp3) is 0.423. The third-order valence-corrected chi connectivity index (χ3v) is 6.66. The van der Waals surface area contributed by atoms with E-state index in [4.69, 9.17) is 9.47 Å². The summed E-state index contributed by atoms with van der Waals surface area (Å²) in [4.78, 5) is 37.1. The van der Waals surface area contributed by atoms with Crippen LogP contribution in [0.2, 0.25) is 0 Å². The first-order valence-corrected chi connectivity index (χ1v) is 13.0. The van der Waals surface area contributed by atoms with Gasteiger partial charge in [0.15, 0.2) is 0 Å². The zero-order valence-electron chi connectivity index (χ0n) is 20.0. The summed E-state index contributed by atoms with van der Waals surface area (Å²) in [6.45, 7) is 0.530. The number of carbonyl (C=O) groups excluding carboxylic acids is 2. The van der Waals surface area contributed by atoms with E-state index in [9.17, 15) is 19.5 Å². The van der Waals surface area contributed by atoms with E-state index in [0.717, 1.165) is 22.3 Å². The molecule has 3 rings (SSSR count). The zero-order chi connectivity index (χ0) is 25.2. The molecular weight excluding hydrogens is 468 g/mol. The second-order valence-corrected chi connectivity index (χ2v) is 9.32. The predicted molar refractivity (Wildman–Crippen MR) is 136 cm³/mol. The van der Waals surface area contributed by atoms with Gasteiger partial charge in [0.2, 0.25) is 5.91 Å². The number of ether oxygens (including phenoxy) is 2. The van der Waals surface area contributed by atoms with Gasteiger partial charge in [0.1, 0.15) is 18.7 Å². The van der Waals surface area contributed by atoms with Crippen molar-refractivity contribution in [2.45, 2.75) is 37.3 Å². The van der Waals surface area contributed by atoms with Crippen LogP contribution in [0.25, 0.3) is 11.1 Å². The molecule has 1 aliphatic carbocycles. The summed E-state index contributed by atoms with van der Waals surface area (Å²) in [5.74, 6) is -1.17. The molecule has 2 aromatic rings. The Balaban J connectivity index is 1.64. The van der Waals surface area contributed by atoms with Crippen molar-refractivity contribution >= 4 is 29.7 Å². The van der Waals surface area contributed by atoms with Crippen LogP contribution in [0, 0.1) is 0 Å². The third-order valence-electron chi connectivity index (χ3n) is 6.02. The zero-order valence-corrected chi connectivity index (χ0v) is 20.8. The number of aliphatic carboxylic acids is 1. The Morgan fingerprint density at radius 2 is 1.60 bits per heavy atom. The molecule has 188 valence electrons. The molecule has 2 aromatic carbocycles. The molecule has 9 heteroatoms. The van der Waals surface area contributed by atoms with E-state index in [0.29, 0.717) is 25.2 Å². The molecule has 0 fully saturated rings. The molecule has 1 unspecified atom stereocenters. The Hall–Kier alpha value is -3.04. The van der Waals surface area contributed by atoms with E-state index in [-0.39, 0.29) is 18.9 Å². The summed E-state index contributed by atoms with van der Waals surface area (Å²) in [5, 5.41) is 14.6. The van der Waals surface area contributed by atoms with Crippen LogP contribution in [0.1, 0.15) is 36.3 Å². The Labute approximate surface area is 209 Å². The van der Waals surface area contributed by atoms with Crippen molar-refractivity contribution in [3.63, 3.8) is 0 Å². The highest BCUT2D eigenvalue weighted by molar-refractivity contribution is 7.98. The van der Waals surface area contributed by atoms with Gasteiger partial charge in [0.05, 0.1) is 0 Å². The average molecular weight is 501 g/mol. The number of hydrogen-bond acceptors (Lipinski definition) is 6. The molecule has 1 aliphatic rings. The fourth-order valence-corrected chi connectivity index (χ4v) is 4.72. The molecule has 0 spiro atoms. The second-order valence-electron chi connectivity index (χ2n) is 8.34. The quantitative estimate of drug-likeness (QED) is 0.360. The lowest BCUT2D eigenvalue weighted by molar-refractivity contribution is -0.142. The van der Waals surface area contributed by atoms with Crippen LogP contribution in [-0.4, -0.2) is 67.5 Å². The van der Waals surface area contributed by atoms with E-state index < -0.39 is 30.1 Å². The molecule has 8 nitrogen and oxygen atoms in total. The number of thioether (sulfide) groups is 1. The van der Waals surface area contributed by atoms with Crippen LogP contribution < -0.4 is 10.6 Å². The highest BCUT2D eigenvalue weighted by Gasteiger charge is 2.30. The Morgan fingerprint density at radius 1 is 0.971 bits per heavy atom. The monoisotopic (exact) mass is 500 g/mol. The van der Waals surface area contributed by atoms with Gasteiger partial charge in [-0.15, -0.1) is 0 Å². The highest BCUT2D eigenvalue weighted by atomic mass is 32.2. The minimum atomic E-state index is -1.11. The summed E-state index contributed by atoms with van der Waals surface area (Å²) in [6.07, 6.45) is 2.24. The summed E-state index contributed by atoms with van der Waals surface area (Å²) in [5.41, 5.74) is 4.43. The first-order valence-electron chi connectivity index (χ1n) is 11.6. The van der Waals surface area contributed by atoms with Crippen molar-refractivity contribution < 1.29 is 29.0 Å². The lowest BCUT2D eigenvalue weighted by atomic mass is 9.98. The first kappa shape index (κ1) is 26.6. The maximum atomic E-state index is 12.8. The molecule has 2 amide bonds. The Morgan fingerprint density at radius 3 is 2.17 bits per heavy atom. The molecule has 0 bridgehead atoms. The van der Waals surface area contributed by atoms with Crippen molar-refractivity contribution in [2.24, 2.45) is 0 Å². The van der Waals surface area contributed by atoms with Gasteiger partial charge in [-0.05, 0) is 53.5 Å². The number of amides is 2. The summed E-state index contributed by atoms with van der Waals surface area (Å²) < 4.78 is 10.6. The summed E-state index contributed by atoms with van der Waals surface area (Å²) >= 11 is 1.50. The van der Waals surface area contributed by atoms with E-state index >= 15 is 0 Å². The molecule has 0 aromatic heterocycles. The molecule has 2 atom stereocenters. The van der Waals surface area contributed by atoms with E-state index in [1.165, 1.54) is 11.8 Å². The van der Waals surface area contributed by atoms with Gasteiger partial charge >= 0.3 is 12.1 Å². The summed E-state index contributed by atoms with van der Waals surface area (Å²) in [7, 11) is 1.55. The number of benzene rings is 2. The molecular formula is C26H32N2O6S. The molecule has 0 heterocycles. The number of carboxylic acid groups (broad SMARTS) is 1. The predicted octanol–water partition coefficient (Wildman–Crippen LogP) is 3.64. The minimum Gasteiger partial charge on any atom is -0.480 e. The molecule has 35 heavy (non-hydrogen) atoms. The number of hydrogen-bond donors (Lipinski definition) is 3. The molecule has 0 aliphatic heterocycles. The lowest BCUT2D eigenvalue weighted by Crippen LogP contribution is -2.52. The average Bonchev–Trinajstić information content (AvgIpc) is 3.18. The van der Waals surface area contributed by atoms with Gasteiger partial charge < -0.3 is 25.2 Å². The number of methoxy groups -OCH3 is 1. The molecule has 0 radical (unpaired) electrons. The molecule has 0 saturated carbocycles. The smallest absolute Gasteiger partial charge is 0.407 e. The number of nitrogens with one attached hydrogen (secondary N) is 2. The minimum absolute atomic E-state index is 0.100.